The Hall–Kier alpha value is -2.90. The van der Waals surface area contributed by atoms with Crippen molar-refractivity contribution in [2.45, 2.75) is 44.7 Å². The highest BCUT2D eigenvalue weighted by atomic mass is 32.2. The highest BCUT2D eigenvalue weighted by Crippen LogP contribution is 2.37. The molecule has 1 aromatic heterocycles. The molecule has 0 fully saturated rings. The maximum Gasteiger partial charge on any atom is 0.241 e. The average molecular weight is 548 g/mol. The maximum atomic E-state index is 13.1. The molecule has 1 heterocycles. The van der Waals surface area contributed by atoms with Crippen molar-refractivity contribution < 1.29 is 18.3 Å². The monoisotopic (exact) mass is 547 g/mol. The third-order valence-electron chi connectivity index (χ3n) is 4.80. The summed E-state index contributed by atoms with van der Waals surface area (Å²) < 4.78 is 28.7. The smallest absolute Gasteiger partial charge is 0.241 e. The fraction of sp³-hybridized carbons (Fsp3) is 0.292. The first kappa shape index (κ1) is 27.7. The summed E-state index contributed by atoms with van der Waals surface area (Å²) in [6.07, 6.45) is 1.62. The molecule has 12 heteroatoms. The first-order valence-electron chi connectivity index (χ1n) is 11.2. The molecule has 1 atom stereocenters. The molecule has 1 amide bonds. The summed E-state index contributed by atoms with van der Waals surface area (Å²) in [6.45, 7) is 6.56. The Morgan fingerprint density at radius 3 is 2.36 bits per heavy atom. The van der Waals surface area contributed by atoms with Crippen molar-refractivity contribution >= 4 is 56.0 Å². The summed E-state index contributed by atoms with van der Waals surface area (Å²) >= 11 is 6.62. The fourth-order valence-corrected chi connectivity index (χ4v) is 6.11. The molecule has 1 unspecified atom stereocenters. The normalized spacial score (nSPS) is 12.3. The van der Waals surface area contributed by atoms with E-state index in [2.05, 4.69) is 25.7 Å². The van der Waals surface area contributed by atoms with Gasteiger partial charge in [-0.1, -0.05) is 6.07 Å². The minimum absolute atomic E-state index is 0.0186. The minimum Gasteiger partial charge on any atom is -0.395 e. The van der Waals surface area contributed by atoms with Gasteiger partial charge in [0.1, 0.15) is 5.01 Å². The number of carbonyl (C=O) groups is 1. The first-order valence-corrected chi connectivity index (χ1v) is 13.9. The molecule has 0 bridgehead atoms. The number of thiazole rings is 1. The molecule has 0 aliphatic carbocycles. The molecule has 0 saturated carbocycles. The van der Waals surface area contributed by atoms with Gasteiger partial charge in [0.25, 0.3) is 0 Å². The number of aliphatic hydroxyl groups excluding tert-OH is 1. The van der Waals surface area contributed by atoms with Crippen molar-refractivity contribution in [1.82, 2.24) is 15.0 Å². The Labute approximate surface area is 220 Å². The lowest BCUT2D eigenvalue weighted by Crippen LogP contribution is -2.35. The molecule has 3 aromatic rings. The van der Waals surface area contributed by atoms with Gasteiger partial charge in [0.05, 0.1) is 16.4 Å². The molecule has 36 heavy (non-hydrogen) atoms. The molecule has 0 aliphatic heterocycles. The van der Waals surface area contributed by atoms with Gasteiger partial charge in [0.15, 0.2) is 5.11 Å². The van der Waals surface area contributed by atoms with E-state index in [0.29, 0.717) is 26.2 Å². The van der Waals surface area contributed by atoms with Crippen molar-refractivity contribution in [3.8, 4) is 21.0 Å². The molecule has 0 aliphatic rings. The molecule has 0 saturated heterocycles. The van der Waals surface area contributed by atoms with Crippen LogP contribution in [-0.4, -0.2) is 48.2 Å². The number of aromatic nitrogens is 1. The highest BCUT2D eigenvalue weighted by Gasteiger charge is 2.23. The number of benzene rings is 2. The lowest BCUT2D eigenvalue weighted by molar-refractivity contribution is -0.114. The lowest BCUT2D eigenvalue weighted by Gasteiger charge is -2.15. The molecule has 192 valence electrons. The number of hydrogen-bond donors (Lipinski definition) is 5. The zero-order valence-corrected chi connectivity index (χ0v) is 22.8. The molecule has 0 radical (unpaired) electrons. The van der Waals surface area contributed by atoms with Crippen LogP contribution in [0.4, 0.5) is 11.4 Å². The van der Waals surface area contributed by atoms with Crippen LogP contribution in [0.3, 0.4) is 0 Å². The summed E-state index contributed by atoms with van der Waals surface area (Å²) in [5.41, 5.74) is 2.49. The van der Waals surface area contributed by atoms with Crippen molar-refractivity contribution in [3.05, 3.63) is 48.7 Å². The summed E-state index contributed by atoms with van der Waals surface area (Å²) in [6, 6.07) is 11.8. The summed E-state index contributed by atoms with van der Waals surface area (Å²) in [7, 11) is -4.00. The quantitative estimate of drug-likeness (QED) is 0.256. The van der Waals surface area contributed by atoms with E-state index in [1.54, 1.807) is 25.3 Å². The van der Waals surface area contributed by atoms with Crippen LogP contribution in [0.2, 0.25) is 0 Å². The van der Waals surface area contributed by atoms with Crippen LogP contribution in [0.5, 0.6) is 0 Å². The van der Waals surface area contributed by atoms with E-state index in [0.717, 1.165) is 11.3 Å². The molecular formula is C24H29N5O4S3. The highest BCUT2D eigenvalue weighted by molar-refractivity contribution is 7.89. The van der Waals surface area contributed by atoms with Crippen LogP contribution >= 0.6 is 23.6 Å². The summed E-state index contributed by atoms with van der Waals surface area (Å²) in [5.74, 6) is -0.318. The second-order valence-corrected chi connectivity index (χ2v) is 11.6. The van der Waals surface area contributed by atoms with Gasteiger partial charge < -0.3 is 21.1 Å². The predicted molar refractivity (Wildman–Crippen MR) is 149 cm³/mol. The van der Waals surface area contributed by atoms with Gasteiger partial charge in [-0.05, 0) is 69.4 Å². The van der Waals surface area contributed by atoms with E-state index in [4.69, 9.17) is 12.2 Å². The number of amides is 1. The number of rotatable bonds is 9. The van der Waals surface area contributed by atoms with Gasteiger partial charge >= 0.3 is 0 Å². The van der Waals surface area contributed by atoms with Crippen LogP contribution in [0.15, 0.2) is 53.6 Å². The third-order valence-corrected chi connectivity index (χ3v) is 7.73. The van der Waals surface area contributed by atoms with Crippen LogP contribution in [0.1, 0.15) is 27.7 Å². The number of sulfonamides is 1. The number of nitrogens with zero attached hydrogens (tertiary/aromatic N) is 1. The van der Waals surface area contributed by atoms with E-state index in [1.165, 1.54) is 24.3 Å². The molecule has 5 N–H and O–H groups in total. The number of carbonyl (C=O) groups excluding carboxylic acids is 1. The van der Waals surface area contributed by atoms with Gasteiger partial charge in [0.2, 0.25) is 15.9 Å². The Morgan fingerprint density at radius 2 is 1.75 bits per heavy atom. The van der Waals surface area contributed by atoms with Gasteiger partial charge in [-0.25, -0.2) is 18.1 Å². The number of thiocarbonyl (C=S) groups is 1. The van der Waals surface area contributed by atoms with E-state index in [-0.39, 0.29) is 23.5 Å². The van der Waals surface area contributed by atoms with Crippen molar-refractivity contribution in [3.63, 3.8) is 0 Å². The number of nitrogens with one attached hydrogen (secondary N) is 4. The number of anilines is 2. The Kier molecular flexibility index (Phi) is 9.14. The minimum atomic E-state index is -4.00. The Morgan fingerprint density at radius 1 is 1.08 bits per heavy atom. The van der Waals surface area contributed by atoms with Crippen LogP contribution in [0, 0.1) is 0 Å². The van der Waals surface area contributed by atoms with E-state index >= 15 is 0 Å². The molecule has 0 spiro atoms. The van der Waals surface area contributed by atoms with Gasteiger partial charge in [-0.15, -0.1) is 11.3 Å². The zero-order chi connectivity index (χ0) is 26.5. The molecule has 9 nitrogen and oxygen atoms in total. The van der Waals surface area contributed by atoms with E-state index in [1.807, 2.05) is 38.1 Å². The van der Waals surface area contributed by atoms with Crippen LogP contribution in [-0.2, 0) is 14.8 Å². The van der Waals surface area contributed by atoms with Crippen LogP contribution < -0.4 is 20.7 Å². The van der Waals surface area contributed by atoms with E-state index < -0.39 is 16.1 Å². The van der Waals surface area contributed by atoms with Gasteiger partial charge in [-0.3, -0.25) is 4.79 Å². The average Bonchev–Trinajstić information content (AvgIpc) is 3.28. The number of aliphatic hydroxyl groups is 1. The van der Waals surface area contributed by atoms with Gasteiger partial charge in [0, 0.05) is 47.7 Å². The van der Waals surface area contributed by atoms with Crippen molar-refractivity contribution in [2.24, 2.45) is 0 Å². The zero-order valence-electron chi connectivity index (χ0n) is 20.3. The van der Waals surface area contributed by atoms with E-state index in [9.17, 15) is 18.3 Å². The largest absolute Gasteiger partial charge is 0.395 e. The molecule has 3 rings (SSSR count). The Balaban J connectivity index is 1.92. The predicted octanol–water partition coefficient (Wildman–Crippen LogP) is 3.79. The van der Waals surface area contributed by atoms with Gasteiger partial charge in [-0.2, -0.15) is 0 Å². The third kappa shape index (κ3) is 7.31. The molecule has 2 aromatic carbocycles. The topological polar surface area (TPSA) is 132 Å². The van der Waals surface area contributed by atoms with Crippen LogP contribution in [0.25, 0.3) is 21.0 Å². The van der Waals surface area contributed by atoms with Crippen molar-refractivity contribution in [2.75, 3.05) is 17.2 Å². The first-order chi connectivity index (χ1) is 17.0. The molecular weight excluding hydrogens is 518 g/mol. The SMILES string of the molecule is CC(=O)Nc1ccc(-c2cnc(-c3ccc(NC(=S)NC(C)C)cc3)s2)c(S(=O)(=O)NC(C)CO)c1. The second-order valence-electron chi connectivity index (χ2n) is 8.46. The maximum absolute atomic E-state index is 13.1. The second kappa shape index (κ2) is 11.9. The van der Waals surface area contributed by atoms with Crippen molar-refractivity contribution in [1.29, 1.82) is 0 Å². The standard InChI is InChI=1S/C24H29N5O4S3/c1-14(2)26-24(34)28-18-7-5-17(6-8-18)23-25-12-21(35-23)20-10-9-19(27-16(4)31)11-22(20)36(32,33)29-15(3)13-30/h5-12,14-15,29-30H,13H2,1-4H3,(H,27,31)(H2,26,28,34). The Bertz CT molecular complexity index is 1340. The summed E-state index contributed by atoms with van der Waals surface area (Å²) in [4.78, 5) is 16.6. The fourth-order valence-electron chi connectivity index (χ4n) is 3.25. The number of hydrogen-bond acceptors (Lipinski definition) is 7. The summed E-state index contributed by atoms with van der Waals surface area (Å²) in [5, 5.41) is 19.4. The lowest BCUT2D eigenvalue weighted by atomic mass is 10.2.